The summed E-state index contributed by atoms with van der Waals surface area (Å²) in [6, 6.07) is 3.51. The fraction of sp³-hybridized carbons (Fsp3) is 0.471. The molecule has 4 rings (SSSR count). The quantitative estimate of drug-likeness (QED) is 0.714. The van der Waals surface area contributed by atoms with Crippen LogP contribution in [0.15, 0.2) is 18.5 Å². The number of rotatable bonds is 4. The third kappa shape index (κ3) is 2.82. The summed E-state index contributed by atoms with van der Waals surface area (Å²) in [5, 5.41) is 19.6. The van der Waals surface area contributed by atoms with Gasteiger partial charge in [0.05, 0.1) is 11.6 Å². The molecule has 25 heavy (non-hydrogen) atoms. The summed E-state index contributed by atoms with van der Waals surface area (Å²) in [4.78, 5) is 32.3. The summed E-state index contributed by atoms with van der Waals surface area (Å²) in [6.07, 6.45) is 3.26. The minimum absolute atomic E-state index is 0.0249. The van der Waals surface area contributed by atoms with Gasteiger partial charge in [-0.3, -0.25) is 14.7 Å². The third-order valence-corrected chi connectivity index (χ3v) is 5.23. The zero-order valence-electron chi connectivity index (χ0n) is 13.8. The number of H-pyrrole nitrogens is 1. The van der Waals surface area contributed by atoms with Gasteiger partial charge in [-0.1, -0.05) is 0 Å². The van der Waals surface area contributed by atoms with Crippen LogP contribution in [0.1, 0.15) is 35.4 Å². The first-order chi connectivity index (χ1) is 12.0. The van der Waals surface area contributed by atoms with Crippen molar-refractivity contribution in [3.05, 3.63) is 29.8 Å². The van der Waals surface area contributed by atoms with E-state index < -0.39 is 5.97 Å². The maximum Gasteiger partial charge on any atom is 0.306 e. The molecule has 2 fully saturated rings. The van der Waals surface area contributed by atoms with Gasteiger partial charge in [0, 0.05) is 17.2 Å². The molecule has 2 aromatic rings. The second-order valence-corrected chi connectivity index (χ2v) is 6.94. The van der Waals surface area contributed by atoms with Crippen LogP contribution in [0, 0.1) is 18.8 Å². The summed E-state index contributed by atoms with van der Waals surface area (Å²) in [6.45, 7) is 2.50. The summed E-state index contributed by atoms with van der Waals surface area (Å²) in [5.41, 5.74) is 2.16. The van der Waals surface area contributed by atoms with E-state index in [-0.39, 0.29) is 23.2 Å². The highest BCUT2D eigenvalue weighted by Gasteiger charge is 2.60. The Morgan fingerprint density at radius 1 is 1.24 bits per heavy atom. The largest absolute Gasteiger partial charge is 0.481 e. The zero-order chi connectivity index (χ0) is 17.6. The van der Waals surface area contributed by atoms with Gasteiger partial charge >= 0.3 is 5.97 Å². The minimum atomic E-state index is -0.776. The second-order valence-electron chi connectivity index (χ2n) is 6.94. The lowest BCUT2D eigenvalue weighted by atomic mass is 9.88. The number of aryl methyl sites for hydroxylation is 1. The molecule has 3 atom stereocenters. The minimum Gasteiger partial charge on any atom is -0.481 e. The number of Topliss-reactive ketones (excluding diaryl/α,β-unsaturated/α-hetero) is 1. The molecule has 0 radical (unpaired) electrons. The molecule has 1 saturated heterocycles. The summed E-state index contributed by atoms with van der Waals surface area (Å²) < 4.78 is 0. The highest BCUT2D eigenvalue weighted by atomic mass is 16.4. The Hall–Kier alpha value is -2.61. The molecule has 1 spiro atoms. The van der Waals surface area contributed by atoms with E-state index in [0.717, 1.165) is 5.69 Å². The molecule has 1 aliphatic heterocycles. The zero-order valence-corrected chi connectivity index (χ0v) is 13.8. The van der Waals surface area contributed by atoms with E-state index in [1.807, 2.05) is 13.0 Å². The highest BCUT2D eigenvalue weighted by molar-refractivity contribution is 6.00. The average Bonchev–Trinajstić information content (AvgIpc) is 3.06. The van der Waals surface area contributed by atoms with Crippen LogP contribution in [-0.2, 0) is 4.79 Å². The molecule has 0 bridgehead atoms. The number of carboxylic acid groups (broad SMARTS) is 1. The topological polar surface area (TPSA) is 121 Å². The molecule has 3 N–H and O–H groups in total. The summed E-state index contributed by atoms with van der Waals surface area (Å²) >= 11 is 0. The molecule has 8 heteroatoms. The first kappa shape index (κ1) is 15.9. The first-order valence-corrected chi connectivity index (χ1v) is 8.35. The summed E-state index contributed by atoms with van der Waals surface area (Å²) in [5.74, 6) is -1.37. The molecule has 0 amide bonds. The van der Waals surface area contributed by atoms with Gasteiger partial charge in [-0.25, -0.2) is 9.97 Å². The van der Waals surface area contributed by atoms with Crippen molar-refractivity contribution in [2.45, 2.75) is 31.7 Å². The number of aromatic amines is 1. The normalized spacial score (nSPS) is 28.0. The lowest BCUT2D eigenvalue weighted by molar-refractivity contribution is -0.143. The van der Waals surface area contributed by atoms with Gasteiger partial charge in [-0.05, 0) is 44.9 Å². The number of carbonyl (C=O) groups is 2. The molecule has 130 valence electrons. The average molecular weight is 341 g/mol. The smallest absolute Gasteiger partial charge is 0.306 e. The van der Waals surface area contributed by atoms with E-state index in [1.165, 1.54) is 6.33 Å². The molecule has 1 saturated carbocycles. The Labute approximate surface area is 144 Å². The van der Waals surface area contributed by atoms with Gasteiger partial charge in [-0.15, -0.1) is 0 Å². The number of aliphatic carboxylic acids is 1. The Morgan fingerprint density at radius 2 is 2.08 bits per heavy atom. The van der Waals surface area contributed by atoms with Gasteiger partial charge < -0.3 is 10.4 Å². The van der Waals surface area contributed by atoms with E-state index in [9.17, 15) is 14.7 Å². The Bertz CT molecular complexity index is 848. The van der Waals surface area contributed by atoms with Gasteiger partial charge in [0.1, 0.15) is 17.7 Å². The maximum atomic E-state index is 12.8. The van der Waals surface area contributed by atoms with Crippen LogP contribution in [0.2, 0.25) is 0 Å². The molecule has 2 aliphatic rings. The number of nitrogens with one attached hydrogen (secondary N) is 2. The molecule has 3 heterocycles. The van der Waals surface area contributed by atoms with E-state index >= 15 is 0 Å². The second kappa shape index (κ2) is 5.73. The van der Waals surface area contributed by atoms with Gasteiger partial charge in [0.2, 0.25) is 0 Å². The molecule has 0 aromatic carbocycles. The van der Waals surface area contributed by atoms with Crippen LogP contribution in [0.5, 0.6) is 0 Å². The van der Waals surface area contributed by atoms with Crippen molar-refractivity contribution in [2.24, 2.45) is 11.8 Å². The predicted molar refractivity (Wildman–Crippen MR) is 87.9 cm³/mol. The number of nitrogens with zero attached hydrogens (tertiary/aromatic N) is 3. The van der Waals surface area contributed by atoms with E-state index in [4.69, 9.17) is 0 Å². The molecular formula is C17H19N5O3. The lowest BCUT2D eigenvalue weighted by Gasteiger charge is -2.28. The van der Waals surface area contributed by atoms with Gasteiger partial charge in [-0.2, -0.15) is 5.10 Å². The van der Waals surface area contributed by atoms with E-state index in [1.54, 1.807) is 6.07 Å². The van der Waals surface area contributed by atoms with Crippen LogP contribution in [-0.4, -0.2) is 49.1 Å². The third-order valence-electron chi connectivity index (χ3n) is 5.23. The Morgan fingerprint density at radius 3 is 2.84 bits per heavy atom. The van der Waals surface area contributed by atoms with E-state index in [0.29, 0.717) is 42.9 Å². The van der Waals surface area contributed by atoms with Crippen molar-refractivity contribution in [1.82, 2.24) is 25.5 Å². The molecule has 2 aromatic heterocycles. The molecule has 8 nitrogen and oxygen atoms in total. The SMILES string of the molecule is Cc1cc(-c2cc(C(=O)C3CC34CC(C(=O)O)CCN4)[nH]n2)ncn1. The van der Waals surface area contributed by atoms with Crippen molar-refractivity contribution in [1.29, 1.82) is 0 Å². The van der Waals surface area contributed by atoms with Crippen LogP contribution >= 0.6 is 0 Å². The maximum absolute atomic E-state index is 12.8. The number of aromatic nitrogens is 4. The van der Waals surface area contributed by atoms with Crippen molar-refractivity contribution in [2.75, 3.05) is 6.54 Å². The molecule has 1 aliphatic carbocycles. The fourth-order valence-electron chi connectivity index (χ4n) is 3.75. The highest BCUT2D eigenvalue weighted by Crippen LogP contribution is 2.51. The lowest BCUT2D eigenvalue weighted by Crippen LogP contribution is -2.44. The van der Waals surface area contributed by atoms with Gasteiger partial charge in [0.15, 0.2) is 5.78 Å². The fourth-order valence-corrected chi connectivity index (χ4v) is 3.75. The number of carboxylic acids is 1. The van der Waals surface area contributed by atoms with Crippen molar-refractivity contribution >= 4 is 11.8 Å². The van der Waals surface area contributed by atoms with Crippen molar-refractivity contribution in [3.63, 3.8) is 0 Å². The van der Waals surface area contributed by atoms with Crippen LogP contribution in [0.4, 0.5) is 0 Å². The Balaban J connectivity index is 1.50. The van der Waals surface area contributed by atoms with Crippen LogP contribution in [0.3, 0.4) is 0 Å². The molecular weight excluding hydrogens is 322 g/mol. The first-order valence-electron chi connectivity index (χ1n) is 8.35. The predicted octanol–water partition coefficient (Wildman–Crippen LogP) is 1.20. The number of hydrogen-bond donors (Lipinski definition) is 3. The van der Waals surface area contributed by atoms with Crippen molar-refractivity contribution < 1.29 is 14.7 Å². The Kier molecular flexibility index (Phi) is 3.64. The standard InChI is InChI=1S/C17H19N5O3/c1-9-4-12(19-8-18-9)13-5-14(22-21-13)15(23)11-7-17(11)6-10(16(24)25)2-3-20-17/h4-5,8,10-11,20H,2-3,6-7H2,1H3,(H,21,22)(H,24,25). The van der Waals surface area contributed by atoms with Crippen LogP contribution < -0.4 is 5.32 Å². The van der Waals surface area contributed by atoms with Gasteiger partial charge in [0.25, 0.3) is 0 Å². The monoisotopic (exact) mass is 341 g/mol. The number of piperidine rings is 1. The van der Waals surface area contributed by atoms with Crippen LogP contribution in [0.25, 0.3) is 11.4 Å². The number of ketones is 1. The number of carbonyl (C=O) groups excluding carboxylic acids is 1. The van der Waals surface area contributed by atoms with Crippen molar-refractivity contribution in [3.8, 4) is 11.4 Å². The summed E-state index contributed by atoms with van der Waals surface area (Å²) in [7, 11) is 0. The molecule has 3 unspecified atom stereocenters. The number of hydrogen-bond acceptors (Lipinski definition) is 6. The van der Waals surface area contributed by atoms with E-state index in [2.05, 4.69) is 25.5 Å².